The number of nitrogens with zero attached hydrogens (tertiary/aromatic N) is 4. The first-order valence-corrected chi connectivity index (χ1v) is 10.2. The van der Waals surface area contributed by atoms with E-state index >= 15 is 0 Å². The summed E-state index contributed by atoms with van der Waals surface area (Å²) >= 11 is 0. The van der Waals surface area contributed by atoms with E-state index in [2.05, 4.69) is 27.2 Å². The van der Waals surface area contributed by atoms with Crippen LogP contribution in [0.2, 0.25) is 0 Å². The Morgan fingerprint density at radius 3 is 2.62 bits per heavy atom. The molecule has 2 amide bonds. The zero-order chi connectivity index (χ0) is 22.7. The van der Waals surface area contributed by atoms with Gasteiger partial charge in [-0.2, -0.15) is 0 Å². The smallest absolute Gasteiger partial charge is 0.269 e. The number of amides is 2. The number of anilines is 1. The van der Waals surface area contributed by atoms with Gasteiger partial charge in [0.15, 0.2) is 11.5 Å². The largest absolute Gasteiger partial charge is 0.364 e. The van der Waals surface area contributed by atoms with Crippen molar-refractivity contribution >= 4 is 17.6 Å². The van der Waals surface area contributed by atoms with Crippen LogP contribution in [0.15, 0.2) is 48.7 Å². The van der Waals surface area contributed by atoms with E-state index in [-0.39, 0.29) is 17.6 Å². The predicted octanol–water partition coefficient (Wildman–Crippen LogP) is 2.13. The van der Waals surface area contributed by atoms with Crippen LogP contribution in [0.4, 0.5) is 5.82 Å². The van der Waals surface area contributed by atoms with Crippen molar-refractivity contribution in [1.29, 1.82) is 0 Å². The minimum Gasteiger partial charge on any atom is -0.364 e. The van der Waals surface area contributed by atoms with Crippen LogP contribution in [0.3, 0.4) is 0 Å². The fourth-order valence-corrected chi connectivity index (χ4v) is 3.84. The lowest BCUT2D eigenvalue weighted by Gasteiger charge is -2.19. The maximum absolute atomic E-state index is 12.5. The SMILES string of the molecule is CC#CN1CCCC1c1nc(-c2ccc(C(=O)Nc3ccccn3)cc2)c(C(N)=O)n1N. The number of pyridine rings is 1. The van der Waals surface area contributed by atoms with Gasteiger partial charge in [0.1, 0.15) is 11.5 Å². The normalized spacial score (nSPS) is 15.2. The average molecular weight is 429 g/mol. The van der Waals surface area contributed by atoms with Crippen molar-refractivity contribution in [2.45, 2.75) is 25.8 Å². The Bertz CT molecular complexity index is 1210. The number of primary amides is 1. The Labute approximate surface area is 185 Å². The molecule has 1 aliphatic rings. The average Bonchev–Trinajstić information content (AvgIpc) is 3.38. The molecule has 32 heavy (non-hydrogen) atoms. The van der Waals surface area contributed by atoms with E-state index in [0.717, 1.165) is 19.4 Å². The third-order valence-electron chi connectivity index (χ3n) is 5.31. The number of imidazole rings is 1. The van der Waals surface area contributed by atoms with Gasteiger partial charge in [0.25, 0.3) is 11.8 Å². The Hall–Kier alpha value is -4.32. The number of nitrogen functional groups attached to an aromatic ring is 1. The van der Waals surface area contributed by atoms with Crippen LogP contribution < -0.4 is 16.9 Å². The molecule has 0 radical (unpaired) electrons. The van der Waals surface area contributed by atoms with Gasteiger partial charge in [0, 0.05) is 29.9 Å². The molecule has 0 bridgehead atoms. The van der Waals surface area contributed by atoms with Gasteiger partial charge >= 0.3 is 0 Å². The summed E-state index contributed by atoms with van der Waals surface area (Å²) in [5, 5.41) is 2.73. The van der Waals surface area contributed by atoms with Gasteiger partial charge < -0.3 is 21.8 Å². The molecule has 3 heterocycles. The molecule has 0 aliphatic carbocycles. The van der Waals surface area contributed by atoms with Gasteiger partial charge in [-0.05, 0) is 44.0 Å². The van der Waals surface area contributed by atoms with E-state index in [1.54, 1.807) is 55.6 Å². The fraction of sp³-hybridized carbons (Fsp3) is 0.217. The number of likely N-dealkylation sites (tertiary alicyclic amines) is 1. The van der Waals surface area contributed by atoms with Crippen LogP contribution in [0, 0.1) is 12.0 Å². The maximum Gasteiger partial charge on any atom is 0.269 e. The van der Waals surface area contributed by atoms with Gasteiger partial charge in [-0.15, -0.1) is 0 Å². The van der Waals surface area contributed by atoms with Gasteiger partial charge in [-0.1, -0.05) is 24.1 Å². The minimum atomic E-state index is -0.677. The highest BCUT2D eigenvalue weighted by Gasteiger charge is 2.32. The minimum absolute atomic E-state index is 0.113. The van der Waals surface area contributed by atoms with E-state index in [4.69, 9.17) is 11.6 Å². The van der Waals surface area contributed by atoms with Crippen LogP contribution in [0.5, 0.6) is 0 Å². The molecule has 1 aromatic carbocycles. The third kappa shape index (κ3) is 3.98. The van der Waals surface area contributed by atoms with Crippen LogP contribution in [-0.4, -0.2) is 37.9 Å². The van der Waals surface area contributed by atoms with Gasteiger partial charge in [-0.3, -0.25) is 9.59 Å². The second kappa shape index (κ2) is 8.81. The number of carbonyl (C=O) groups is 2. The zero-order valence-corrected chi connectivity index (χ0v) is 17.6. The van der Waals surface area contributed by atoms with Crippen LogP contribution in [0.1, 0.15) is 52.5 Å². The monoisotopic (exact) mass is 429 g/mol. The van der Waals surface area contributed by atoms with Crippen molar-refractivity contribution in [3.05, 3.63) is 65.7 Å². The summed E-state index contributed by atoms with van der Waals surface area (Å²) in [4.78, 5) is 35.4. The Morgan fingerprint density at radius 2 is 1.97 bits per heavy atom. The number of aromatic nitrogens is 3. The van der Waals surface area contributed by atoms with Crippen molar-refractivity contribution in [1.82, 2.24) is 19.5 Å². The molecule has 0 saturated carbocycles. The van der Waals surface area contributed by atoms with Crippen molar-refractivity contribution in [3.8, 4) is 23.2 Å². The van der Waals surface area contributed by atoms with Crippen molar-refractivity contribution in [2.75, 3.05) is 17.7 Å². The summed E-state index contributed by atoms with van der Waals surface area (Å²) < 4.78 is 1.26. The zero-order valence-electron chi connectivity index (χ0n) is 17.6. The first-order chi connectivity index (χ1) is 15.5. The molecule has 9 nitrogen and oxygen atoms in total. The predicted molar refractivity (Wildman–Crippen MR) is 121 cm³/mol. The van der Waals surface area contributed by atoms with Gasteiger partial charge in [-0.25, -0.2) is 14.6 Å². The molecule has 1 aliphatic heterocycles. The molecule has 1 saturated heterocycles. The van der Waals surface area contributed by atoms with E-state index in [1.165, 1.54) is 4.68 Å². The molecule has 1 fully saturated rings. The second-order valence-electron chi connectivity index (χ2n) is 7.36. The highest BCUT2D eigenvalue weighted by molar-refractivity contribution is 6.04. The van der Waals surface area contributed by atoms with E-state index < -0.39 is 5.91 Å². The third-order valence-corrected chi connectivity index (χ3v) is 5.31. The summed E-state index contributed by atoms with van der Waals surface area (Å²) in [6.45, 7) is 2.58. The van der Waals surface area contributed by atoms with E-state index in [9.17, 15) is 9.59 Å². The van der Waals surface area contributed by atoms with Crippen LogP contribution in [0.25, 0.3) is 11.3 Å². The molecule has 4 rings (SSSR count). The molecular weight excluding hydrogens is 406 g/mol. The lowest BCUT2D eigenvalue weighted by atomic mass is 10.1. The first kappa shape index (κ1) is 20.9. The van der Waals surface area contributed by atoms with Gasteiger partial charge in [0.05, 0.1) is 6.04 Å². The van der Waals surface area contributed by atoms with Crippen molar-refractivity contribution < 1.29 is 9.59 Å². The van der Waals surface area contributed by atoms with Crippen molar-refractivity contribution in [2.24, 2.45) is 5.73 Å². The topological polar surface area (TPSA) is 132 Å². The van der Waals surface area contributed by atoms with Gasteiger partial charge in [0.2, 0.25) is 0 Å². The summed E-state index contributed by atoms with van der Waals surface area (Å²) in [5.41, 5.74) is 7.19. The Kier molecular flexibility index (Phi) is 5.77. The summed E-state index contributed by atoms with van der Waals surface area (Å²) in [7, 11) is 0. The lowest BCUT2D eigenvalue weighted by molar-refractivity contribution is 0.0991. The lowest BCUT2D eigenvalue weighted by Crippen LogP contribution is -2.27. The molecule has 9 heteroatoms. The van der Waals surface area contributed by atoms with Crippen LogP contribution in [-0.2, 0) is 0 Å². The molecule has 5 N–H and O–H groups in total. The summed E-state index contributed by atoms with van der Waals surface area (Å²) in [5.74, 6) is 9.17. The molecule has 1 unspecified atom stereocenters. The van der Waals surface area contributed by atoms with Crippen molar-refractivity contribution in [3.63, 3.8) is 0 Å². The number of nitrogens with one attached hydrogen (secondary N) is 1. The number of rotatable bonds is 5. The maximum atomic E-state index is 12.5. The second-order valence-corrected chi connectivity index (χ2v) is 7.36. The number of hydrogen-bond donors (Lipinski definition) is 3. The van der Waals surface area contributed by atoms with E-state index in [1.807, 2.05) is 4.90 Å². The molecule has 0 spiro atoms. The highest BCUT2D eigenvalue weighted by Crippen LogP contribution is 2.33. The van der Waals surface area contributed by atoms with E-state index in [0.29, 0.717) is 28.5 Å². The number of nitrogens with two attached hydrogens (primary N) is 2. The molecule has 162 valence electrons. The number of carbonyl (C=O) groups excluding carboxylic acids is 2. The molecule has 2 aromatic heterocycles. The standard InChI is InChI=1S/C23H23N7O2/c1-2-13-29-14-5-6-17(29)22-28-19(20(21(24)31)30(22)25)15-8-10-16(11-9-15)23(32)27-18-7-3-4-12-26-18/h3-4,7-12,17H,5-6,14,25H2,1H3,(H2,24,31)(H,26,27,32). The number of hydrogen-bond acceptors (Lipinski definition) is 6. The molecule has 1 atom stereocenters. The Morgan fingerprint density at radius 1 is 1.19 bits per heavy atom. The van der Waals surface area contributed by atoms with Crippen LogP contribution >= 0.6 is 0 Å². The fourth-order valence-electron chi connectivity index (χ4n) is 3.84. The summed E-state index contributed by atoms with van der Waals surface area (Å²) in [6, 6.07) is 14.9. The molecule has 3 aromatic rings. The number of benzene rings is 1. The Balaban J connectivity index is 1.65. The first-order valence-electron chi connectivity index (χ1n) is 10.2. The quantitative estimate of drug-likeness (QED) is 0.420. The highest BCUT2D eigenvalue weighted by atomic mass is 16.2. The summed E-state index contributed by atoms with van der Waals surface area (Å²) in [6.07, 6.45) is 3.38. The molecular formula is C23H23N7O2.